The summed E-state index contributed by atoms with van der Waals surface area (Å²) in [4.78, 5) is 22.5. The highest BCUT2D eigenvalue weighted by Gasteiger charge is 2.27. The van der Waals surface area contributed by atoms with Gasteiger partial charge in [-0.15, -0.1) is 0 Å². The zero-order valence-electron chi connectivity index (χ0n) is 13.4. The highest BCUT2D eigenvalue weighted by Crippen LogP contribution is 2.16. The minimum Gasteiger partial charge on any atom is -0.480 e. The van der Waals surface area contributed by atoms with E-state index in [4.69, 9.17) is 15.9 Å². The van der Waals surface area contributed by atoms with Crippen LogP contribution in [0.2, 0.25) is 0 Å². The van der Waals surface area contributed by atoms with Gasteiger partial charge < -0.3 is 15.9 Å². The molecule has 0 aliphatic carbocycles. The highest BCUT2D eigenvalue weighted by molar-refractivity contribution is 7.92. The Morgan fingerprint density at radius 1 is 1.12 bits per heavy atom. The van der Waals surface area contributed by atoms with Crippen LogP contribution in [0.15, 0.2) is 29.2 Å². The number of nitrogens with zero attached hydrogens (tertiary/aromatic N) is 1. The van der Waals surface area contributed by atoms with Crippen LogP contribution in [0.5, 0.6) is 0 Å². The summed E-state index contributed by atoms with van der Waals surface area (Å²) in [6, 6.07) is 6.32. The van der Waals surface area contributed by atoms with Crippen LogP contribution in [0.3, 0.4) is 0 Å². The van der Waals surface area contributed by atoms with Crippen LogP contribution >= 0.6 is 0 Å². The number of carboxylic acids is 2. The van der Waals surface area contributed by atoms with Crippen LogP contribution in [0, 0.1) is 0 Å². The van der Waals surface area contributed by atoms with Crippen molar-refractivity contribution in [3.63, 3.8) is 0 Å². The molecule has 24 heavy (non-hydrogen) atoms. The van der Waals surface area contributed by atoms with Gasteiger partial charge in [-0.25, -0.2) is 8.42 Å². The fraction of sp³-hybridized carbons (Fsp3) is 0.467. The molecule has 0 aliphatic rings. The first-order valence-electron chi connectivity index (χ1n) is 7.41. The Kier molecular flexibility index (Phi) is 7.33. The Balaban J connectivity index is 2.90. The van der Waals surface area contributed by atoms with Gasteiger partial charge in [0.2, 0.25) is 0 Å². The van der Waals surface area contributed by atoms with Crippen LogP contribution in [-0.2, 0) is 25.8 Å². The average Bonchev–Trinajstić information content (AvgIpc) is 2.46. The Morgan fingerprint density at radius 3 is 2.04 bits per heavy atom. The topological polar surface area (TPSA) is 138 Å². The van der Waals surface area contributed by atoms with E-state index in [0.29, 0.717) is 0 Å². The standard InChI is InChI=1S/C15H22N2O6S/c1-2-3-11-4-6-12(7-5-11)24(22,23)13(16)8-17(9-14(18)19)10-15(20)21/h4-7,13H,2-3,8-10,16H2,1H3,(H,18,19)(H,20,21). The number of carboxylic acid groups (broad SMARTS) is 2. The van der Waals surface area contributed by atoms with Crippen molar-refractivity contribution in [2.75, 3.05) is 19.6 Å². The van der Waals surface area contributed by atoms with Crippen LogP contribution < -0.4 is 5.73 Å². The van der Waals surface area contributed by atoms with E-state index in [0.717, 1.165) is 23.3 Å². The van der Waals surface area contributed by atoms with E-state index >= 15 is 0 Å². The third-order valence-corrected chi connectivity index (χ3v) is 5.22. The number of sulfone groups is 1. The molecule has 0 aromatic heterocycles. The van der Waals surface area contributed by atoms with Crippen molar-refractivity contribution in [3.05, 3.63) is 29.8 Å². The van der Waals surface area contributed by atoms with E-state index in [9.17, 15) is 18.0 Å². The molecular weight excluding hydrogens is 336 g/mol. The van der Waals surface area contributed by atoms with E-state index in [1.54, 1.807) is 12.1 Å². The third-order valence-electron chi connectivity index (χ3n) is 3.35. The van der Waals surface area contributed by atoms with Gasteiger partial charge in [-0.1, -0.05) is 25.5 Å². The maximum absolute atomic E-state index is 12.5. The van der Waals surface area contributed by atoms with Crippen molar-refractivity contribution in [1.29, 1.82) is 0 Å². The van der Waals surface area contributed by atoms with Gasteiger partial charge in [0.1, 0.15) is 5.37 Å². The Labute approximate surface area is 140 Å². The number of aryl methyl sites for hydroxylation is 1. The Hall–Kier alpha value is -1.97. The minimum absolute atomic E-state index is 0.0282. The third kappa shape index (κ3) is 5.91. The summed E-state index contributed by atoms with van der Waals surface area (Å²) in [6.07, 6.45) is 1.77. The molecule has 0 fully saturated rings. The van der Waals surface area contributed by atoms with Gasteiger partial charge in [0.05, 0.1) is 18.0 Å². The Morgan fingerprint density at radius 2 is 1.62 bits per heavy atom. The van der Waals surface area contributed by atoms with Gasteiger partial charge >= 0.3 is 11.9 Å². The van der Waals surface area contributed by atoms with Crippen LogP contribution in [0.4, 0.5) is 0 Å². The lowest BCUT2D eigenvalue weighted by atomic mass is 10.1. The minimum atomic E-state index is -3.89. The first kappa shape index (κ1) is 20.1. The van der Waals surface area contributed by atoms with Crippen molar-refractivity contribution in [3.8, 4) is 0 Å². The molecule has 8 nitrogen and oxygen atoms in total. The smallest absolute Gasteiger partial charge is 0.317 e. The molecule has 0 spiro atoms. The fourth-order valence-electron chi connectivity index (χ4n) is 2.23. The SMILES string of the molecule is CCCc1ccc(S(=O)(=O)C(N)CN(CC(=O)O)CC(=O)O)cc1. The maximum atomic E-state index is 12.5. The normalized spacial score (nSPS) is 13.0. The highest BCUT2D eigenvalue weighted by atomic mass is 32.2. The number of aliphatic carboxylic acids is 2. The van der Waals surface area contributed by atoms with Gasteiger partial charge in [0.15, 0.2) is 9.84 Å². The monoisotopic (exact) mass is 358 g/mol. The molecule has 9 heteroatoms. The number of benzene rings is 1. The summed E-state index contributed by atoms with van der Waals surface area (Å²) >= 11 is 0. The largest absolute Gasteiger partial charge is 0.480 e. The summed E-state index contributed by atoms with van der Waals surface area (Å²) < 4.78 is 24.9. The van der Waals surface area contributed by atoms with Gasteiger partial charge in [0.25, 0.3) is 0 Å². The van der Waals surface area contributed by atoms with E-state index in [1.165, 1.54) is 12.1 Å². The number of carbonyl (C=O) groups is 2. The molecule has 0 amide bonds. The molecule has 1 aromatic carbocycles. The first-order valence-corrected chi connectivity index (χ1v) is 8.95. The lowest BCUT2D eigenvalue weighted by Crippen LogP contribution is -2.46. The van der Waals surface area contributed by atoms with E-state index in [2.05, 4.69) is 0 Å². The van der Waals surface area contributed by atoms with E-state index < -0.39 is 46.8 Å². The average molecular weight is 358 g/mol. The van der Waals surface area contributed by atoms with Crippen LogP contribution in [-0.4, -0.2) is 60.5 Å². The summed E-state index contributed by atoms with van der Waals surface area (Å²) in [5.41, 5.74) is 6.72. The fourth-order valence-corrected chi connectivity index (χ4v) is 3.50. The molecule has 134 valence electrons. The molecule has 0 saturated carbocycles. The zero-order chi connectivity index (χ0) is 18.3. The number of hydrogen-bond donors (Lipinski definition) is 3. The second-order valence-electron chi connectivity index (χ2n) is 5.43. The lowest BCUT2D eigenvalue weighted by Gasteiger charge is -2.22. The van der Waals surface area contributed by atoms with Crippen LogP contribution in [0.1, 0.15) is 18.9 Å². The molecule has 0 heterocycles. The van der Waals surface area contributed by atoms with Gasteiger partial charge in [-0.05, 0) is 24.1 Å². The molecule has 0 bridgehead atoms. The molecule has 1 atom stereocenters. The number of rotatable bonds is 10. The van der Waals surface area contributed by atoms with Crippen molar-refractivity contribution in [1.82, 2.24) is 4.90 Å². The molecule has 1 unspecified atom stereocenters. The molecule has 0 aliphatic heterocycles. The second kappa shape index (κ2) is 8.76. The number of nitrogens with two attached hydrogens (primary N) is 1. The Bertz CT molecular complexity index is 656. The summed E-state index contributed by atoms with van der Waals surface area (Å²) in [5, 5.41) is 16.1. The molecule has 1 rings (SSSR count). The molecule has 4 N–H and O–H groups in total. The van der Waals surface area contributed by atoms with Crippen molar-refractivity contribution in [2.24, 2.45) is 5.73 Å². The quantitative estimate of drug-likeness (QED) is 0.538. The van der Waals surface area contributed by atoms with Crippen molar-refractivity contribution >= 4 is 21.8 Å². The summed E-state index contributed by atoms with van der Waals surface area (Å²) in [6.45, 7) is 0.410. The van der Waals surface area contributed by atoms with E-state index in [1.807, 2.05) is 6.92 Å². The second-order valence-corrected chi connectivity index (χ2v) is 7.60. The van der Waals surface area contributed by atoms with Crippen molar-refractivity contribution < 1.29 is 28.2 Å². The molecular formula is C15H22N2O6S. The first-order chi connectivity index (χ1) is 11.2. The van der Waals surface area contributed by atoms with Gasteiger partial charge in [0, 0.05) is 6.54 Å². The predicted octanol–water partition coefficient (Wildman–Crippen LogP) is 0.169. The zero-order valence-corrected chi connectivity index (χ0v) is 14.2. The summed E-state index contributed by atoms with van der Waals surface area (Å²) in [7, 11) is -3.89. The van der Waals surface area contributed by atoms with E-state index in [-0.39, 0.29) is 4.90 Å². The van der Waals surface area contributed by atoms with Crippen LogP contribution in [0.25, 0.3) is 0 Å². The lowest BCUT2D eigenvalue weighted by molar-refractivity contribution is -0.141. The van der Waals surface area contributed by atoms with Gasteiger partial charge in [-0.2, -0.15) is 0 Å². The molecule has 0 saturated heterocycles. The summed E-state index contributed by atoms with van der Waals surface area (Å²) in [5.74, 6) is -2.52. The van der Waals surface area contributed by atoms with Gasteiger partial charge in [-0.3, -0.25) is 14.5 Å². The molecule has 0 radical (unpaired) electrons. The predicted molar refractivity (Wildman–Crippen MR) is 87.3 cm³/mol. The number of hydrogen-bond acceptors (Lipinski definition) is 6. The van der Waals surface area contributed by atoms with Crippen molar-refractivity contribution in [2.45, 2.75) is 30.0 Å². The molecule has 1 aromatic rings. The maximum Gasteiger partial charge on any atom is 0.317 e.